The first-order valence-corrected chi connectivity index (χ1v) is 10.7. The summed E-state index contributed by atoms with van der Waals surface area (Å²) in [4.78, 5) is 36.6. The number of hydrogen-bond donors (Lipinski definition) is 1. The predicted molar refractivity (Wildman–Crippen MR) is 103 cm³/mol. The molecular weight excluding hydrogens is 356 g/mol. The van der Waals surface area contributed by atoms with Crippen LogP contribution in [-0.2, 0) is 19.1 Å². The van der Waals surface area contributed by atoms with Gasteiger partial charge in [-0.1, -0.05) is 19.4 Å². The lowest BCUT2D eigenvalue weighted by Crippen LogP contribution is -2.60. The highest BCUT2D eigenvalue weighted by molar-refractivity contribution is 5.91. The Hall–Kier alpha value is -1.49. The van der Waals surface area contributed by atoms with Gasteiger partial charge < -0.3 is 9.84 Å². The molecule has 0 amide bonds. The van der Waals surface area contributed by atoms with Gasteiger partial charge in [-0.05, 0) is 74.7 Å². The van der Waals surface area contributed by atoms with Crippen LogP contribution in [0.1, 0.15) is 72.6 Å². The molecule has 0 spiro atoms. The lowest BCUT2D eigenvalue weighted by molar-refractivity contribution is -0.191. The molecule has 154 valence electrons. The normalized spacial score (nSPS) is 47.5. The number of carbonyl (C=O) groups is 3. The number of Topliss-reactive ketones (excluding diaryl/α,β-unsaturated/α-hetero) is 1. The zero-order valence-electron chi connectivity index (χ0n) is 17.4. The van der Waals surface area contributed by atoms with Gasteiger partial charge in [-0.15, -0.1) is 0 Å². The standard InChI is InChI=1S/C23H32O5/c1-13(24)23(28-14(2)25)10-7-18-20-17(6-9-22(18,23)4)21(3)8-5-16(26)11-15(21)12-19(20)27/h11,17-20,27H,5-10,12H2,1-4H3/t17-,18-,19+,20+,21-,22-,23+/m0/s1. The summed E-state index contributed by atoms with van der Waals surface area (Å²) >= 11 is 0. The van der Waals surface area contributed by atoms with Crippen LogP contribution in [0.4, 0.5) is 0 Å². The Morgan fingerprint density at radius 3 is 2.43 bits per heavy atom. The minimum absolute atomic E-state index is 0.0535. The molecule has 0 bridgehead atoms. The molecule has 5 heteroatoms. The van der Waals surface area contributed by atoms with E-state index in [0.29, 0.717) is 25.2 Å². The number of esters is 1. The summed E-state index contributed by atoms with van der Waals surface area (Å²) in [7, 11) is 0. The van der Waals surface area contributed by atoms with Gasteiger partial charge in [0.1, 0.15) is 0 Å². The molecule has 0 aromatic carbocycles. The maximum atomic E-state index is 12.7. The highest BCUT2D eigenvalue weighted by Crippen LogP contribution is 2.68. The van der Waals surface area contributed by atoms with Gasteiger partial charge in [0.2, 0.25) is 0 Å². The van der Waals surface area contributed by atoms with E-state index in [0.717, 1.165) is 31.3 Å². The van der Waals surface area contributed by atoms with Crippen molar-refractivity contribution >= 4 is 17.5 Å². The lowest BCUT2D eigenvalue weighted by atomic mass is 9.45. The van der Waals surface area contributed by atoms with E-state index < -0.39 is 23.1 Å². The first-order chi connectivity index (χ1) is 13.0. The summed E-state index contributed by atoms with van der Waals surface area (Å²) in [5.41, 5.74) is -0.471. The maximum absolute atomic E-state index is 12.7. The summed E-state index contributed by atoms with van der Waals surface area (Å²) < 4.78 is 5.77. The van der Waals surface area contributed by atoms with E-state index in [-0.39, 0.29) is 28.8 Å². The molecule has 28 heavy (non-hydrogen) atoms. The minimum atomic E-state index is -1.08. The Bertz CT molecular complexity index is 769. The van der Waals surface area contributed by atoms with Crippen molar-refractivity contribution in [3.05, 3.63) is 11.6 Å². The molecule has 1 N–H and O–H groups in total. The van der Waals surface area contributed by atoms with Crippen LogP contribution >= 0.6 is 0 Å². The summed E-state index contributed by atoms with van der Waals surface area (Å²) in [6, 6.07) is 0. The van der Waals surface area contributed by atoms with Crippen molar-refractivity contribution in [3.63, 3.8) is 0 Å². The first-order valence-electron chi connectivity index (χ1n) is 10.7. The molecule has 0 saturated heterocycles. The number of ketones is 2. The molecule has 0 aromatic heterocycles. The lowest BCUT2D eigenvalue weighted by Gasteiger charge is -2.60. The predicted octanol–water partition coefficient (Wildman–Crippen LogP) is 3.38. The molecule has 0 unspecified atom stereocenters. The van der Waals surface area contributed by atoms with Gasteiger partial charge in [0, 0.05) is 18.8 Å². The summed E-state index contributed by atoms with van der Waals surface area (Å²) in [6.07, 6.45) is 6.23. The van der Waals surface area contributed by atoms with Crippen LogP contribution in [0.5, 0.6) is 0 Å². The van der Waals surface area contributed by atoms with Crippen LogP contribution < -0.4 is 0 Å². The van der Waals surface area contributed by atoms with Gasteiger partial charge in [-0.25, -0.2) is 0 Å². The third-order valence-corrected chi connectivity index (χ3v) is 8.99. The molecule has 3 saturated carbocycles. The first kappa shape index (κ1) is 19.8. The minimum Gasteiger partial charge on any atom is -0.451 e. The van der Waals surface area contributed by atoms with E-state index in [1.54, 1.807) is 6.08 Å². The fraction of sp³-hybridized carbons (Fsp3) is 0.783. The van der Waals surface area contributed by atoms with E-state index in [2.05, 4.69) is 13.8 Å². The molecule has 5 nitrogen and oxygen atoms in total. The number of aliphatic hydroxyl groups is 1. The molecular formula is C23H32O5. The number of rotatable bonds is 2. The van der Waals surface area contributed by atoms with Crippen molar-refractivity contribution in [1.29, 1.82) is 0 Å². The van der Waals surface area contributed by atoms with Gasteiger partial charge >= 0.3 is 5.97 Å². The average Bonchev–Trinajstić information content (AvgIpc) is 2.90. The third-order valence-electron chi connectivity index (χ3n) is 8.99. The van der Waals surface area contributed by atoms with E-state index in [1.165, 1.54) is 13.8 Å². The molecule has 0 aliphatic heterocycles. The third kappa shape index (κ3) is 2.44. The quantitative estimate of drug-likeness (QED) is 0.734. The highest BCUT2D eigenvalue weighted by Gasteiger charge is 2.69. The van der Waals surface area contributed by atoms with Crippen molar-refractivity contribution in [2.45, 2.75) is 84.3 Å². The molecule has 4 aliphatic rings. The van der Waals surface area contributed by atoms with Gasteiger partial charge in [0.05, 0.1) is 6.10 Å². The summed E-state index contributed by atoms with van der Waals surface area (Å²) in [5.74, 6) is 0.197. The van der Waals surface area contributed by atoms with Crippen molar-refractivity contribution in [1.82, 2.24) is 0 Å². The highest BCUT2D eigenvalue weighted by atomic mass is 16.6. The topological polar surface area (TPSA) is 80.7 Å². The zero-order chi connectivity index (χ0) is 20.5. The van der Waals surface area contributed by atoms with Crippen molar-refractivity contribution < 1.29 is 24.2 Å². The molecule has 4 rings (SSSR count). The maximum Gasteiger partial charge on any atom is 0.303 e. The summed E-state index contributed by atoms with van der Waals surface area (Å²) in [6.45, 7) is 7.27. The second-order valence-electron chi connectivity index (χ2n) is 10.1. The Morgan fingerprint density at radius 2 is 1.79 bits per heavy atom. The number of carbonyl (C=O) groups excluding carboxylic acids is 3. The second kappa shape index (κ2) is 6.25. The van der Waals surface area contributed by atoms with E-state index in [1.807, 2.05) is 0 Å². The largest absolute Gasteiger partial charge is 0.451 e. The smallest absolute Gasteiger partial charge is 0.303 e. The van der Waals surface area contributed by atoms with Crippen LogP contribution in [0.25, 0.3) is 0 Å². The van der Waals surface area contributed by atoms with Crippen molar-refractivity contribution in [2.75, 3.05) is 0 Å². The van der Waals surface area contributed by atoms with Crippen LogP contribution in [0.3, 0.4) is 0 Å². The Morgan fingerprint density at radius 1 is 1.11 bits per heavy atom. The molecule has 7 atom stereocenters. The van der Waals surface area contributed by atoms with Crippen molar-refractivity contribution in [3.8, 4) is 0 Å². The second-order valence-corrected chi connectivity index (χ2v) is 10.1. The van der Waals surface area contributed by atoms with E-state index in [4.69, 9.17) is 4.74 Å². The average molecular weight is 389 g/mol. The number of ether oxygens (including phenoxy) is 1. The fourth-order valence-corrected chi connectivity index (χ4v) is 7.59. The van der Waals surface area contributed by atoms with Crippen LogP contribution in [0.2, 0.25) is 0 Å². The van der Waals surface area contributed by atoms with Crippen molar-refractivity contribution in [2.24, 2.45) is 28.6 Å². The number of fused-ring (bicyclic) bond motifs is 5. The molecule has 3 fully saturated rings. The molecule has 0 radical (unpaired) electrons. The molecule has 4 aliphatic carbocycles. The Kier molecular flexibility index (Phi) is 4.42. The number of hydrogen-bond acceptors (Lipinski definition) is 5. The SMILES string of the molecule is CC(=O)O[C@@]1(C(C)=O)CC[C@H]2[C@@H]3[C@H](O)CC4=CC(=O)CC[C@]4(C)[C@H]3CC[C@@]21C. The Labute approximate surface area is 166 Å². The van der Waals surface area contributed by atoms with Crippen LogP contribution in [0, 0.1) is 28.6 Å². The fourth-order valence-electron chi connectivity index (χ4n) is 7.59. The van der Waals surface area contributed by atoms with Crippen LogP contribution in [0.15, 0.2) is 11.6 Å². The van der Waals surface area contributed by atoms with E-state index in [9.17, 15) is 19.5 Å². The monoisotopic (exact) mass is 388 g/mol. The van der Waals surface area contributed by atoms with Crippen LogP contribution in [-0.4, -0.2) is 34.3 Å². The molecule has 0 aromatic rings. The van der Waals surface area contributed by atoms with E-state index >= 15 is 0 Å². The molecule has 0 heterocycles. The van der Waals surface area contributed by atoms with Gasteiger partial charge in [-0.3, -0.25) is 14.4 Å². The van der Waals surface area contributed by atoms with Gasteiger partial charge in [-0.2, -0.15) is 0 Å². The van der Waals surface area contributed by atoms with Gasteiger partial charge in [0.25, 0.3) is 0 Å². The Balaban J connectivity index is 1.75. The number of aliphatic hydroxyl groups excluding tert-OH is 1. The zero-order valence-corrected chi connectivity index (χ0v) is 17.4. The summed E-state index contributed by atoms with van der Waals surface area (Å²) in [5, 5.41) is 11.2. The van der Waals surface area contributed by atoms with Gasteiger partial charge in [0.15, 0.2) is 17.2 Å².